The zero-order valence-corrected chi connectivity index (χ0v) is 15.1. The maximum absolute atomic E-state index is 12.9. The lowest BCUT2D eigenvalue weighted by atomic mass is 10.1. The number of benzene rings is 2. The second-order valence-corrected chi connectivity index (χ2v) is 5.93. The Morgan fingerprint density at radius 1 is 1.24 bits per heavy atom. The van der Waals surface area contributed by atoms with Gasteiger partial charge in [-0.2, -0.15) is 0 Å². The first kappa shape index (κ1) is 19.8. The van der Waals surface area contributed by atoms with Gasteiger partial charge in [-0.1, -0.05) is 0 Å². The number of nitrogens with one attached hydrogen (secondary N) is 1. The van der Waals surface area contributed by atoms with Crippen LogP contribution in [-0.2, 0) is 14.3 Å². The van der Waals surface area contributed by atoms with E-state index >= 15 is 0 Å². The molecule has 3 rings (SSSR count). The third-order valence-electron chi connectivity index (χ3n) is 3.89. The van der Waals surface area contributed by atoms with E-state index in [1.54, 1.807) is 0 Å². The largest absolute Gasteiger partial charge is 0.454 e. The summed E-state index contributed by atoms with van der Waals surface area (Å²) in [5, 5.41) is 13.7. The van der Waals surface area contributed by atoms with Gasteiger partial charge in [0.05, 0.1) is 16.6 Å². The highest BCUT2D eigenvalue weighted by Crippen LogP contribution is 2.38. The third kappa shape index (κ3) is 4.86. The molecule has 0 aliphatic carbocycles. The zero-order valence-electron chi connectivity index (χ0n) is 15.1. The van der Waals surface area contributed by atoms with E-state index < -0.39 is 28.7 Å². The standard InChI is InChI=1S/C19H15FN2O7/c1-11(19(24)21-14-5-3-13(20)4-6-14)29-18(23)7-2-12-8-16-17(28-10-27-16)9-15(12)22(25)26/h2-9,11H,10H2,1H3,(H,21,24)/b7-2+/t11-/m0/s1. The number of carbonyl (C=O) groups is 2. The van der Waals surface area contributed by atoms with Crippen LogP contribution in [0.3, 0.4) is 0 Å². The van der Waals surface area contributed by atoms with Crippen LogP contribution in [0.5, 0.6) is 11.5 Å². The predicted molar refractivity (Wildman–Crippen MR) is 98.8 cm³/mol. The van der Waals surface area contributed by atoms with Crippen LogP contribution >= 0.6 is 0 Å². The number of nitro benzene ring substituents is 1. The van der Waals surface area contributed by atoms with E-state index in [9.17, 15) is 24.1 Å². The Balaban J connectivity index is 1.64. The fourth-order valence-electron chi connectivity index (χ4n) is 2.44. The SMILES string of the molecule is C[C@H](OC(=O)/C=C/c1cc2c(cc1[N+](=O)[O-])OCO2)C(=O)Nc1ccc(F)cc1. The van der Waals surface area contributed by atoms with Crippen molar-refractivity contribution in [2.75, 3.05) is 12.1 Å². The Morgan fingerprint density at radius 3 is 2.55 bits per heavy atom. The molecule has 1 N–H and O–H groups in total. The van der Waals surface area contributed by atoms with E-state index in [0.29, 0.717) is 11.4 Å². The molecular formula is C19H15FN2O7. The van der Waals surface area contributed by atoms with Gasteiger partial charge < -0.3 is 19.5 Å². The van der Waals surface area contributed by atoms with E-state index in [1.807, 2.05) is 0 Å². The lowest BCUT2D eigenvalue weighted by Crippen LogP contribution is -2.29. The van der Waals surface area contributed by atoms with Crippen molar-refractivity contribution in [2.45, 2.75) is 13.0 Å². The monoisotopic (exact) mass is 402 g/mol. The summed E-state index contributed by atoms with van der Waals surface area (Å²) in [4.78, 5) is 34.6. The van der Waals surface area contributed by atoms with Gasteiger partial charge >= 0.3 is 5.97 Å². The number of hydrogen-bond donors (Lipinski definition) is 1. The molecule has 0 bridgehead atoms. The second kappa shape index (κ2) is 8.38. The number of nitrogens with zero attached hydrogens (tertiary/aromatic N) is 1. The molecule has 0 saturated carbocycles. The number of amides is 1. The van der Waals surface area contributed by atoms with Gasteiger partial charge in [-0.3, -0.25) is 14.9 Å². The number of rotatable bonds is 6. The van der Waals surface area contributed by atoms with Gasteiger partial charge in [0.2, 0.25) is 6.79 Å². The van der Waals surface area contributed by atoms with Gasteiger partial charge in [0.1, 0.15) is 5.82 Å². The molecule has 10 heteroatoms. The molecule has 0 spiro atoms. The molecular weight excluding hydrogens is 387 g/mol. The van der Waals surface area contributed by atoms with Crippen LogP contribution < -0.4 is 14.8 Å². The molecule has 2 aromatic carbocycles. The van der Waals surface area contributed by atoms with E-state index in [2.05, 4.69) is 5.32 Å². The zero-order chi connectivity index (χ0) is 21.0. The van der Waals surface area contributed by atoms with Crippen molar-refractivity contribution in [1.29, 1.82) is 0 Å². The molecule has 0 radical (unpaired) electrons. The molecule has 2 aromatic rings. The van der Waals surface area contributed by atoms with E-state index in [-0.39, 0.29) is 23.8 Å². The van der Waals surface area contributed by atoms with Crippen molar-refractivity contribution in [1.82, 2.24) is 0 Å². The van der Waals surface area contributed by atoms with Crippen LogP contribution in [0.1, 0.15) is 12.5 Å². The first-order valence-electron chi connectivity index (χ1n) is 8.36. The van der Waals surface area contributed by atoms with Gasteiger partial charge in [-0.25, -0.2) is 9.18 Å². The van der Waals surface area contributed by atoms with Gasteiger partial charge in [-0.15, -0.1) is 0 Å². The van der Waals surface area contributed by atoms with Crippen LogP contribution in [0, 0.1) is 15.9 Å². The molecule has 1 aliphatic rings. The fourth-order valence-corrected chi connectivity index (χ4v) is 2.44. The van der Waals surface area contributed by atoms with E-state index in [4.69, 9.17) is 14.2 Å². The summed E-state index contributed by atoms with van der Waals surface area (Å²) < 4.78 is 28.1. The second-order valence-electron chi connectivity index (χ2n) is 5.93. The number of fused-ring (bicyclic) bond motifs is 1. The molecule has 1 heterocycles. The number of esters is 1. The maximum atomic E-state index is 12.9. The van der Waals surface area contributed by atoms with Gasteiger partial charge in [0, 0.05) is 11.8 Å². The first-order valence-corrected chi connectivity index (χ1v) is 8.36. The molecule has 9 nitrogen and oxygen atoms in total. The summed E-state index contributed by atoms with van der Waals surface area (Å²) in [5.74, 6) is -1.39. The minimum atomic E-state index is -1.15. The topological polar surface area (TPSA) is 117 Å². The third-order valence-corrected chi connectivity index (χ3v) is 3.89. The van der Waals surface area contributed by atoms with Crippen LogP contribution in [0.2, 0.25) is 0 Å². The highest BCUT2D eigenvalue weighted by molar-refractivity contribution is 5.96. The molecule has 0 fully saturated rings. The molecule has 1 atom stereocenters. The molecule has 150 valence electrons. The van der Waals surface area contributed by atoms with Gasteiger partial charge in [0.15, 0.2) is 17.6 Å². The average molecular weight is 402 g/mol. The lowest BCUT2D eigenvalue weighted by Gasteiger charge is -2.12. The van der Waals surface area contributed by atoms with Crippen LogP contribution in [0.4, 0.5) is 15.8 Å². The Labute approximate surface area is 163 Å². The average Bonchev–Trinajstić information content (AvgIpc) is 3.14. The molecule has 1 aliphatic heterocycles. The number of nitro groups is 1. The van der Waals surface area contributed by atoms with Crippen LogP contribution in [-0.4, -0.2) is 29.7 Å². The summed E-state index contributed by atoms with van der Waals surface area (Å²) in [6, 6.07) is 7.64. The Hall–Kier alpha value is -3.95. The number of carbonyl (C=O) groups excluding carboxylic acids is 2. The summed E-state index contributed by atoms with van der Waals surface area (Å²) in [5.41, 5.74) is 0.172. The summed E-state index contributed by atoms with van der Waals surface area (Å²) >= 11 is 0. The van der Waals surface area contributed by atoms with Crippen molar-refractivity contribution >= 4 is 29.3 Å². The molecule has 1 amide bonds. The Kier molecular flexibility index (Phi) is 5.72. The molecule has 0 saturated heterocycles. The van der Waals surface area contributed by atoms with Crippen molar-refractivity contribution < 1.29 is 33.1 Å². The van der Waals surface area contributed by atoms with Crippen molar-refractivity contribution in [3.8, 4) is 11.5 Å². The summed E-state index contributed by atoms with van der Waals surface area (Å²) in [7, 11) is 0. The van der Waals surface area contributed by atoms with Gasteiger partial charge in [0.25, 0.3) is 11.6 Å². The fraction of sp³-hybridized carbons (Fsp3) is 0.158. The van der Waals surface area contributed by atoms with Gasteiger partial charge in [-0.05, 0) is 43.3 Å². The number of hydrogen-bond acceptors (Lipinski definition) is 7. The minimum absolute atomic E-state index is 0.0532. The van der Waals surface area contributed by atoms with Crippen LogP contribution in [0.15, 0.2) is 42.5 Å². The molecule has 29 heavy (non-hydrogen) atoms. The normalized spacial score (nSPS) is 13.2. The van der Waals surface area contributed by atoms with Crippen molar-refractivity contribution in [3.63, 3.8) is 0 Å². The summed E-state index contributed by atoms with van der Waals surface area (Å²) in [6.45, 7) is 1.30. The maximum Gasteiger partial charge on any atom is 0.331 e. The van der Waals surface area contributed by atoms with E-state index in [1.165, 1.54) is 49.4 Å². The molecule has 0 unspecified atom stereocenters. The Morgan fingerprint density at radius 2 is 1.90 bits per heavy atom. The smallest absolute Gasteiger partial charge is 0.331 e. The van der Waals surface area contributed by atoms with E-state index in [0.717, 1.165) is 6.08 Å². The Bertz CT molecular complexity index is 989. The molecule has 0 aromatic heterocycles. The van der Waals surface area contributed by atoms with Crippen LogP contribution in [0.25, 0.3) is 6.08 Å². The highest BCUT2D eigenvalue weighted by Gasteiger charge is 2.22. The number of halogens is 1. The van der Waals surface area contributed by atoms with Crippen molar-refractivity contribution in [2.24, 2.45) is 0 Å². The van der Waals surface area contributed by atoms with Crippen molar-refractivity contribution in [3.05, 3.63) is 64.0 Å². The number of ether oxygens (including phenoxy) is 3. The lowest BCUT2D eigenvalue weighted by molar-refractivity contribution is -0.385. The quantitative estimate of drug-likeness (QED) is 0.342. The summed E-state index contributed by atoms with van der Waals surface area (Å²) in [6.07, 6.45) is 1.00. The number of anilines is 1. The predicted octanol–water partition coefficient (Wildman–Crippen LogP) is 3.05. The first-order chi connectivity index (χ1) is 13.8. The highest BCUT2D eigenvalue weighted by atomic mass is 19.1. The minimum Gasteiger partial charge on any atom is -0.454 e.